The van der Waals surface area contributed by atoms with E-state index in [1.807, 2.05) is 13.8 Å². The maximum atomic E-state index is 11.4. The first-order valence-electron chi connectivity index (χ1n) is 6.67. The van der Waals surface area contributed by atoms with Crippen molar-refractivity contribution in [1.82, 2.24) is 10.2 Å². The predicted molar refractivity (Wildman–Crippen MR) is 69.2 cm³/mol. The second-order valence-corrected chi connectivity index (χ2v) is 5.63. The maximum absolute atomic E-state index is 11.4. The highest BCUT2D eigenvalue weighted by atomic mass is 16.4. The lowest BCUT2D eigenvalue weighted by Gasteiger charge is -2.34. The van der Waals surface area contributed by atoms with Gasteiger partial charge in [-0.3, -0.25) is 10.1 Å². The molecule has 1 aliphatic heterocycles. The zero-order chi connectivity index (χ0) is 12.9. The maximum Gasteiger partial charge on any atom is 0.324 e. The second-order valence-electron chi connectivity index (χ2n) is 5.63. The molecule has 2 N–H and O–H groups in total. The Bertz CT molecular complexity index is 248. The molecule has 0 saturated carbocycles. The molecule has 1 fully saturated rings. The molecule has 1 saturated heterocycles. The first kappa shape index (κ1) is 14.5. The number of hydrogen-bond acceptors (Lipinski definition) is 3. The highest BCUT2D eigenvalue weighted by molar-refractivity contribution is 5.78. The average Bonchev–Trinajstić information content (AvgIpc) is 2.44. The predicted octanol–water partition coefficient (Wildman–Crippen LogP) is 1.70. The van der Waals surface area contributed by atoms with Crippen molar-refractivity contribution in [2.75, 3.05) is 19.6 Å². The normalized spacial score (nSPS) is 22.1. The Hall–Kier alpha value is -0.610. The molecule has 0 amide bonds. The van der Waals surface area contributed by atoms with Gasteiger partial charge in [-0.1, -0.05) is 12.8 Å². The van der Waals surface area contributed by atoms with Gasteiger partial charge >= 0.3 is 5.97 Å². The van der Waals surface area contributed by atoms with E-state index in [0.717, 1.165) is 13.1 Å². The first-order valence-corrected chi connectivity index (χ1v) is 6.67. The van der Waals surface area contributed by atoms with Crippen LogP contribution in [-0.2, 0) is 4.79 Å². The summed E-state index contributed by atoms with van der Waals surface area (Å²) in [5.41, 5.74) is -0.835. The molecule has 100 valence electrons. The van der Waals surface area contributed by atoms with Gasteiger partial charge in [-0.25, -0.2) is 0 Å². The SMILES string of the molecule is CC(C)NC(C)(CN1CCCCCC1)C(=O)O. The number of likely N-dealkylation sites (tertiary alicyclic amines) is 1. The first-order chi connectivity index (χ1) is 7.94. The Morgan fingerprint density at radius 3 is 2.24 bits per heavy atom. The monoisotopic (exact) mass is 242 g/mol. The van der Waals surface area contributed by atoms with E-state index in [-0.39, 0.29) is 6.04 Å². The highest BCUT2D eigenvalue weighted by Gasteiger charge is 2.35. The summed E-state index contributed by atoms with van der Waals surface area (Å²) in [6.07, 6.45) is 4.94. The topological polar surface area (TPSA) is 52.6 Å². The van der Waals surface area contributed by atoms with E-state index in [4.69, 9.17) is 0 Å². The van der Waals surface area contributed by atoms with Gasteiger partial charge in [-0.2, -0.15) is 0 Å². The fourth-order valence-electron chi connectivity index (χ4n) is 2.55. The Morgan fingerprint density at radius 2 is 1.82 bits per heavy atom. The van der Waals surface area contributed by atoms with Crippen LogP contribution in [0.4, 0.5) is 0 Å². The Kier molecular flexibility index (Phi) is 5.40. The smallest absolute Gasteiger partial charge is 0.324 e. The molecule has 1 aliphatic rings. The van der Waals surface area contributed by atoms with E-state index in [0.29, 0.717) is 6.54 Å². The molecular weight excluding hydrogens is 216 g/mol. The van der Waals surface area contributed by atoms with E-state index in [2.05, 4.69) is 10.2 Å². The van der Waals surface area contributed by atoms with Crippen molar-refractivity contribution in [2.45, 2.75) is 58.0 Å². The van der Waals surface area contributed by atoms with Gasteiger partial charge in [0.25, 0.3) is 0 Å². The van der Waals surface area contributed by atoms with Gasteiger partial charge in [0.15, 0.2) is 0 Å². The summed E-state index contributed by atoms with van der Waals surface area (Å²) in [5, 5.41) is 12.6. The third-order valence-corrected chi connectivity index (χ3v) is 3.32. The number of rotatable bonds is 5. The number of nitrogens with one attached hydrogen (secondary N) is 1. The van der Waals surface area contributed by atoms with E-state index in [9.17, 15) is 9.90 Å². The molecule has 4 nitrogen and oxygen atoms in total. The minimum Gasteiger partial charge on any atom is -0.480 e. The molecule has 0 aromatic carbocycles. The molecule has 0 radical (unpaired) electrons. The van der Waals surface area contributed by atoms with Crippen LogP contribution in [0.2, 0.25) is 0 Å². The van der Waals surface area contributed by atoms with Gasteiger partial charge < -0.3 is 10.0 Å². The molecule has 0 aromatic heterocycles. The van der Waals surface area contributed by atoms with E-state index < -0.39 is 11.5 Å². The van der Waals surface area contributed by atoms with Crippen molar-refractivity contribution >= 4 is 5.97 Å². The number of nitrogens with zero attached hydrogens (tertiary/aromatic N) is 1. The Morgan fingerprint density at radius 1 is 1.29 bits per heavy atom. The standard InChI is InChI=1S/C13H26N2O2/c1-11(2)14-13(3,12(16)17)10-15-8-6-4-5-7-9-15/h11,14H,4-10H2,1-3H3,(H,16,17). The minimum atomic E-state index is -0.835. The molecular formula is C13H26N2O2. The Labute approximate surface area is 104 Å². The van der Waals surface area contributed by atoms with Crippen LogP contribution in [-0.4, -0.2) is 47.2 Å². The number of aliphatic carboxylic acids is 1. The van der Waals surface area contributed by atoms with Gasteiger partial charge in [0, 0.05) is 12.6 Å². The molecule has 0 aromatic rings. The second kappa shape index (κ2) is 6.36. The van der Waals surface area contributed by atoms with Gasteiger partial charge in [0.1, 0.15) is 5.54 Å². The number of hydrogen-bond donors (Lipinski definition) is 2. The third-order valence-electron chi connectivity index (χ3n) is 3.32. The van der Waals surface area contributed by atoms with Crippen LogP contribution in [0, 0.1) is 0 Å². The Balaban J connectivity index is 2.61. The lowest BCUT2D eigenvalue weighted by molar-refractivity contribution is -0.145. The van der Waals surface area contributed by atoms with Crippen LogP contribution in [0.5, 0.6) is 0 Å². The van der Waals surface area contributed by atoms with Crippen LogP contribution >= 0.6 is 0 Å². The van der Waals surface area contributed by atoms with E-state index in [1.165, 1.54) is 25.7 Å². The van der Waals surface area contributed by atoms with E-state index >= 15 is 0 Å². The molecule has 1 unspecified atom stereocenters. The molecule has 1 heterocycles. The van der Waals surface area contributed by atoms with Crippen LogP contribution in [0.25, 0.3) is 0 Å². The van der Waals surface area contributed by atoms with E-state index in [1.54, 1.807) is 6.92 Å². The van der Waals surface area contributed by atoms with Gasteiger partial charge in [-0.05, 0) is 46.7 Å². The summed E-state index contributed by atoms with van der Waals surface area (Å²) in [4.78, 5) is 13.7. The van der Waals surface area contributed by atoms with Crippen molar-refractivity contribution in [3.05, 3.63) is 0 Å². The summed E-state index contributed by atoms with van der Waals surface area (Å²) >= 11 is 0. The number of carboxylic acids is 1. The fraction of sp³-hybridized carbons (Fsp3) is 0.923. The summed E-state index contributed by atoms with van der Waals surface area (Å²) in [6, 6.07) is 0.183. The fourth-order valence-corrected chi connectivity index (χ4v) is 2.55. The van der Waals surface area contributed by atoms with Crippen molar-refractivity contribution in [3.8, 4) is 0 Å². The molecule has 17 heavy (non-hydrogen) atoms. The summed E-state index contributed by atoms with van der Waals surface area (Å²) in [5.74, 6) is -0.754. The van der Waals surface area contributed by atoms with Crippen LogP contribution < -0.4 is 5.32 Å². The summed E-state index contributed by atoms with van der Waals surface area (Å²) in [7, 11) is 0. The molecule has 0 spiro atoms. The molecule has 0 bridgehead atoms. The zero-order valence-electron chi connectivity index (χ0n) is 11.3. The van der Waals surface area contributed by atoms with Gasteiger partial charge in [0.2, 0.25) is 0 Å². The third kappa shape index (κ3) is 4.64. The molecule has 4 heteroatoms. The molecule has 1 rings (SSSR count). The van der Waals surface area contributed by atoms with Crippen LogP contribution in [0.1, 0.15) is 46.5 Å². The zero-order valence-corrected chi connectivity index (χ0v) is 11.3. The summed E-state index contributed by atoms with van der Waals surface area (Å²) in [6.45, 7) is 8.43. The van der Waals surface area contributed by atoms with Gasteiger partial charge in [-0.15, -0.1) is 0 Å². The van der Waals surface area contributed by atoms with Gasteiger partial charge in [0.05, 0.1) is 0 Å². The highest BCUT2D eigenvalue weighted by Crippen LogP contribution is 2.14. The quantitative estimate of drug-likeness (QED) is 0.770. The van der Waals surface area contributed by atoms with Crippen molar-refractivity contribution in [3.63, 3.8) is 0 Å². The van der Waals surface area contributed by atoms with Crippen molar-refractivity contribution in [1.29, 1.82) is 0 Å². The van der Waals surface area contributed by atoms with Crippen LogP contribution in [0.3, 0.4) is 0 Å². The lowest BCUT2D eigenvalue weighted by atomic mass is 10.0. The minimum absolute atomic E-state index is 0.183. The lowest BCUT2D eigenvalue weighted by Crippen LogP contribution is -2.59. The molecule has 0 aliphatic carbocycles. The van der Waals surface area contributed by atoms with Crippen molar-refractivity contribution in [2.24, 2.45) is 0 Å². The van der Waals surface area contributed by atoms with Crippen molar-refractivity contribution < 1.29 is 9.90 Å². The summed E-state index contributed by atoms with van der Waals surface area (Å²) < 4.78 is 0. The number of carbonyl (C=O) groups is 1. The number of carboxylic acid groups (broad SMARTS) is 1. The average molecular weight is 242 g/mol. The van der Waals surface area contributed by atoms with Crippen LogP contribution in [0.15, 0.2) is 0 Å². The largest absolute Gasteiger partial charge is 0.480 e. The molecule has 1 atom stereocenters.